The van der Waals surface area contributed by atoms with Gasteiger partial charge in [0.1, 0.15) is 5.82 Å². The summed E-state index contributed by atoms with van der Waals surface area (Å²) in [5.41, 5.74) is 4.92. The molecule has 0 aromatic heterocycles. The topological polar surface area (TPSA) is 72.2 Å². The highest BCUT2D eigenvalue weighted by molar-refractivity contribution is 7.89. The summed E-state index contributed by atoms with van der Waals surface area (Å²) in [6.45, 7) is 5.48. The van der Waals surface area contributed by atoms with Crippen molar-refractivity contribution in [2.24, 2.45) is 5.73 Å². The molecule has 108 valence electrons. The fraction of sp³-hybridized carbons (Fsp3) is 0.538. The summed E-state index contributed by atoms with van der Waals surface area (Å²) in [6, 6.07) is 3.96. The predicted octanol–water partition coefficient (Wildman–Crippen LogP) is 2.14. The number of hydrogen-bond donors (Lipinski definition) is 2. The van der Waals surface area contributed by atoms with E-state index in [0.29, 0.717) is 12.8 Å². The van der Waals surface area contributed by atoms with Gasteiger partial charge >= 0.3 is 0 Å². The van der Waals surface area contributed by atoms with E-state index in [1.165, 1.54) is 18.2 Å². The summed E-state index contributed by atoms with van der Waals surface area (Å²) in [5.74, 6) is -0.597. The van der Waals surface area contributed by atoms with Gasteiger partial charge in [0, 0.05) is 17.6 Å². The Balaban J connectivity index is 3.25. The third-order valence-corrected chi connectivity index (χ3v) is 5.23. The van der Waals surface area contributed by atoms with Crippen molar-refractivity contribution in [3.05, 3.63) is 29.6 Å². The zero-order valence-corrected chi connectivity index (χ0v) is 12.3. The van der Waals surface area contributed by atoms with Gasteiger partial charge in [0.05, 0.1) is 4.90 Å². The van der Waals surface area contributed by atoms with Crippen molar-refractivity contribution in [2.45, 2.75) is 50.6 Å². The lowest BCUT2D eigenvalue weighted by Crippen LogP contribution is -2.45. The van der Waals surface area contributed by atoms with Crippen molar-refractivity contribution in [3.8, 4) is 0 Å². The summed E-state index contributed by atoms with van der Waals surface area (Å²) in [7, 11) is -3.78. The van der Waals surface area contributed by atoms with E-state index in [9.17, 15) is 12.8 Å². The van der Waals surface area contributed by atoms with Crippen molar-refractivity contribution < 1.29 is 12.8 Å². The molecule has 19 heavy (non-hydrogen) atoms. The van der Waals surface area contributed by atoms with E-state index < -0.39 is 21.4 Å². The molecule has 0 heterocycles. The SMILES string of the molecule is CCC(C)(CC)NS(=O)(=O)c1cccc(F)c1CN. The van der Waals surface area contributed by atoms with E-state index in [0.717, 1.165) is 0 Å². The molecule has 0 aliphatic rings. The van der Waals surface area contributed by atoms with E-state index in [4.69, 9.17) is 5.73 Å². The Kier molecular flexibility index (Phi) is 5.06. The zero-order valence-electron chi connectivity index (χ0n) is 11.5. The summed E-state index contributed by atoms with van der Waals surface area (Å²) in [6.07, 6.45) is 1.30. The second-order valence-corrected chi connectivity index (χ2v) is 6.44. The molecule has 0 aliphatic carbocycles. The highest BCUT2D eigenvalue weighted by Crippen LogP contribution is 2.22. The first kappa shape index (κ1) is 16.1. The van der Waals surface area contributed by atoms with Crippen LogP contribution in [0, 0.1) is 5.82 Å². The van der Waals surface area contributed by atoms with Crippen molar-refractivity contribution in [1.82, 2.24) is 4.72 Å². The zero-order chi connectivity index (χ0) is 14.7. The van der Waals surface area contributed by atoms with Crippen LogP contribution in [0.25, 0.3) is 0 Å². The summed E-state index contributed by atoms with van der Waals surface area (Å²) >= 11 is 0. The lowest BCUT2D eigenvalue weighted by atomic mass is 9.98. The molecule has 0 radical (unpaired) electrons. The van der Waals surface area contributed by atoms with Gasteiger partial charge in [-0.15, -0.1) is 0 Å². The number of halogens is 1. The number of nitrogens with two attached hydrogens (primary N) is 1. The molecular weight excluding hydrogens is 267 g/mol. The summed E-state index contributed by atoms with van der Waals surface area (Å²) < 4.78 is 41.0. The Morgan fingerprint density at radius 1 is 1.32 bits per heavy atom. The molecule has 1 rings (SSSR count). The Morgan fingerprint density at radius 3 is 2.37 bits per heavy atom. The fourth-order valence-electron chi connectivity index (χ4n) is 1.76. The number of sulfonamides is 1. The summed E-state index contributed by atoms with van der Waals surface area (Å²) in [4.78, 5) is -0.0804. The van der Waals surface area contributed by atoms with Crippen LogP contribution in [0.4, 0.5) is 4.39 Å². The van der Waals surface area contributed by atoms with Crippen molar-refractivity contribution in [3.63, 3.8) is 0 Å². The Morgan fingerprint density at radius 2 is 1.89 bits per heavy atom. The smallest absolute Gasteiger partial charge is 0.241 e. The molecule has 1 aromatic rings. The van der Waals surface area contributed by atoms with Gasteiger partial charge in [-0.25, -0.2) is 17.5 Å². The first-order valence-electron chi connectivity index (χ1n) is 6.31. The third kappa shape index (κ3) is 3.52. The van der Waals surface area contributed by atoms with Crippen LogP contribution in [0.1, 0.15) is 39.2 Å². The molecule has 6 heteroatoms. The maximum atomic E-state index is 13.6. The van der Waals surface area contributed by atoms with Crippen LogP contribution in [0.2, 0.25) is 0 Å². The number of rotatable bonds is 6. The molecule has 0 unspecified atom stereocenters. The first-order valence-corrected chi connectivity index (χ1v) is 7.79. The fourth-order valence-corrected chi connectivity index (χ4v) is 3.57. The second kappa shape index (κ2) is 5.98. The maximum Gasteiger partial charge on any atom is 0.241 e. The highest BCUT2D eigenvalue weighted by Gasteiger charge is 2.29. The Bertz CT molecular complexity index is 540. The van der Waals surface area contributed by atoms with E-state index in [1.54, 1.807) is 0 Å². The lowest BCUT2D eigenvalue weighted by molar-refractivity contribution is 0.388. The van der Waals surface area contributed by atoms with Crippen molar-refractivity contribution in [1.29, 1.82) is 0 Å². The number of hydrogen-bond acceptors (Lipinski definition) is 3. The first-order chi connectivity index (χ1) is 8.79. The van der Waals surface area contributed by atoms with Gasteiger partial charge in [-0.3, -0.25) is 0 Å². The molecule has 0 spiro atoms. The van der Waals surface area contributed by atoms with Crippen LogP contribution in [-0.2, 0) is 16.6 Å². The minimum absolute atomic E-state index is 0.0181. The van der Waals surface area contributed by atoms with E-state index in [1.807, 2.05) is 20.8 Å². The van der Waals surface area contributed by atoms with Gasteiger partial charge in [-0.2, -0.15) is 0 Å². The van der Waals surface area contributed by atoms with Gasteiger partial charge in [-0.1, -0.05) is 19.9 Å². The van der Waals surface area contributed by atoms with E-state index in [-0.39, 0.29) is 17.0 Å². The standard InChI is InChI=1S/C13H21FN2O2S/c1-4-13(3,5-2)16-19(17,18)12-8-6-7-11(14)10(12)9-15/h6-8,16H,4-5,9,15H2,1-3H3. The average Bonchev–Trinajstić information content (AvgIpc) is 2.37. The lowest BCUT2D eigenvalue weighted by Gasteiger charge is -2.28. The Labute approximate surface area is 114 Å². The van der Waals surface area contributed by atoms with Crippen molar-refractivity contribution in [2.75, 3.05) is 0 Å². The molecule has 0 saturated heterocycles. The van der Waals surface area contributed by atoms with E-state index in [2.05, 4.69) is 4.72 Å². The second-order valence-electron chi connectivity index (χ2n) is 4.79. The molecule has 1 aromatic carbocycles. The van der Waals surface area contributed by atoms with Crippen LogP contribution >= 0.6 is 0 Å². The minimum Gasteiger partial charge on any atom is -0.326 e. The van der Waals surface area contributed by atoms with Crippen LogP contribution in [0.15, 0.2) is 23.1 Å². The van der Waals surface area contributed by atoms with Crippen LogP contribution < -0.4 is 10.5 Å². The molecular formula is C13H21FN2O2S. The van der Waals surface area contributed by atoms with Crippen molar-refractivity contribution >= 4 is 10.0 Å². The maximum absolute atomic E-state index is 13.6. The van der Waals surface area contributed by atoms with Gasteiger partial charge in [0.2, 0.25) is 10.0 Å². The van der Waals surface area contributed by atoms with Crippen LogP contribution in [-0.4, -0.2) is 14.0 Å². The molecule has 4 nitrogen and oxygen atoms in total. The largest absolute Gasteiger partial charge is 0.326 e. The molecule has 0 atom stereocenters. The number of nitrogens with one attached hydrogen (secondary N) is 1. The molecule has 0 aliphatic heterocycles. The minimum atomic E-state index is -3.78. The third-order valence-electron chi connectivity index (χ3n) is 3.51. The predicted molar refractivity (Wildman–Crippen MR) is 73.6 cm³/mol. The summed E-state index contributed by atoms with van der Waals surface area (Å²) in [5, 5.41) is 0. The normalized spacial score (nSPS) is 12.7. The van der Waals surface area contributed by atoms with Crippen LogP contribution in [0.5, 0.6) is 0 Å². The monoisotopic (exact) mass is 288 g/mol. The molecule has 0 fully saturated rings. The van der Waals surface area contributed by atoms with Gasteiger partial charge in [0.15, 0.2) is 0 Å². The molecule has 0 saturated carbocycles. The quantitative estimate of drug-likeness (QED) is 0.842. The van der Waals surface area contributed by atoms with Gasteiger partial charge in [0.25, 0.3) is 0 Å². The van der Waals surface area contributed by atoms with Gasteiger partial charge in [-0.05, 0) is 31.9 Å². The Hall–Kier alpha value is -0.980. The average molecular weight is 288 g/mol. The number of benzene rings is 1. The van der Waals surface area contributed by atoms with Gasteiger partial charge < -0.3 is 5.73 Å². The molecule has 0 amide bonds. The molecule has 3 N–H and O–H groups in total. The van der Waals surface area contributed by atoms with E-state index >= 15 is 0 Å². The highest BCUT2D eigenvalue weighted by atomic mass is 32.2. The van der Waals surface area contributed by atoms with Crippen LogP contribution in [0.3, 0.4) is 0 Å². The molecule has 0 bridgehead atoms.